The summed E-state index contributed by atoms with van der Waals surface area (Å²) in [6, 6.07) is 0. The standard InChI is InChI=1S/C70H136NO8P/c1-6-8-10-12-14-16-18-20-22-24-26-28-30-32-34-35-37-39-41-43-45-47-49-51-53-55-57-59-61-63-70(73)79-68(67-78-80(74,75)77-65-64-71(3,4)5)66-76-69(72)62-60-58-56-54-52-50-48-46-44-42-40-38-36-33-31-29-27-25-23-21-19-17-15-13-11-9-7-2/h18,20,24,26,68H,6-17,19,21-23,25,27-67H2,1-5H3/b20-18-,26-24-. The van der Waals surface area contributed by atoms with Gasteiger partial charge in [-0.3, -0.25) is 14.2 Å². The molecule has 0 amide bonds. The number of esters is 2. The van der Waals surface area contributed by atoms with Crippen LogP contribution in [0.2, 0.25) is 0 Å². The number of ether oxygens (including phenoxy) is 2. The van der Waals surface area contributed by atoms with Gasteiger partial charge in [-0.05, 0) is 44.9 Å². The molecular formula is C70H136NO8P. The van der Waals surface area contributed by atoms with Crippen LogP contribution in [0.3, 0.4) is 0 Å². The third-order valence-corrected chi connectivity index (χ3v) is 16.9. The number of carbonyl (C=O) groups is 2. The topological polar surface area (TPSA) is 111 Å². The van der Waals surface area contributed by atoms with Crippen LogP contribution in [0.5, 0.6) is 0 Å². The molecule has 0 bridgehead atoms. The molecule has 10 heteroatoms. The summed E-state index contributed by atoms with van der Waals surface area (Å²) in [4.78, 5) is 38.1. The third kappa shape index (κ3) is 65.6. The predicted molar refractivity (Wildman–Crippen MR) is 342 cm³/mol. The van der Waals surface area contributed by atoms with Gasteiger partial charge in [0, 0.05) is 12.8 Å². The molecule has 80 heavy (non-hydrogen) atoms. The van der Waals surface area contributed by atoms with Crippen LogP contribution in [-0.2, 0) is 32.7 Å². The van der Waals surface area contributed by atoms with Gasteiger partial charge in [0.2, 0.25) is 0 Å². The van der Waals surface area contributed by atoms with Gasteiger partial charge in [-0.15, -0.1) is 0 Å². The van der Waals surface area contributed by atoms with Gasteiger partial charge in [0.15, 0.2) is 6.10 Å². The van der Waals surface area contributed by atoms with Crippen molar-refractivity contribution in [2.24, 2.45) is 0 Å². The number of hydrogen-bond acceptors (Lipinski definition) is 8. The number of rotatable bonds is 66. The molecule has 0 saturated carbocycles. The summed E-state index contributed by atoms with van der Waals surface area (Å²) in [6.45, 7) is 4.31. The molecule has 0 heterocycles. The highest BCUT2D eigenvalue weighted by Gasteiger charge is 2.22. The molecule has 0 spiro atoms. The lowest BCUT2D eigenvalue weighted by molar-refractivity contribution is -0.870. The van der Waals surface area contributed by atoms with Crippen LogP contribution in [0.15, 0.2) is 24.3 Å². The van der Waals surface area contributed by atoms with Crippen molar-refractivity contribution in [1.29, 1.82) is 0 Å². The molecule has 0 aliphatic rings. The lowest BCUT2D eigenvalue weighted by Gasteiger charge is -2.28. The molecule has 2 unspecified atom stereocenters. The highest BCUT2D eigenvalue weighted by atomic mass is 31.2. The van der Waals surface area contributed by atoms with E-state index in [0.717, 1.165) is 38.5 Å². The maximum absolute atomic E-state index is 12.9. The van der Waals surface area contributed by atoms with Gasteiger partial charge in [0.25, 0.3) is 7.82 Å². The molecule has 9 nitrogen and oxygen atoms in total. The second kappa shape index (κ2) is 62.0. The van der Waals surface area contributed by atoms with E-state index in [1.54, 1.807) is 0 Å². The summed E-state index contributed by atoms with van der Waals surface area (Å²) < 4.78 is 34.3. The predicted octanol–water partition coefficient (Wildman–Crippen LogP) is 21.9. The second-order valence-corrected chi connectivity index (χ2v) is 26.7. The fourth-order valence-electron chi connectivity index (χ4n) is 10.6. The van der Waals surface area contributed by atoms with E-state index in [2.05, 4.69) is 38.2 Å². The molecule has 0 fully saturated rings. The quantitative estimate of drug-likeness (QED) is 0.0195. The summed E-state index contributed by atoms with van der Waals surface area (Å²) in [5, 5.41) is 0. The number of phosphoric acid groups is 1. The van der Waals surface area contributed by atoms with Crippen molar-refractivity contribution >= 4 is 19.8 Å². The Kier molecular flexibility index (Phi) is 60.9. The highest BCUT2D eigenvalue weighted by molar-refractivity contribution is 7.45. The Labute approximate surface area is 498 Å². The van der Waals surface area contributed by atoms with E-state index in [1.807, 2.05) is 21.1 Å². The third-order valence-electron chi connectivity index (χ3n) is 16.0. The molecule has 0 radical (unpaired) electrons. The van der Waals surface area contributed by atoms with Crippen molar-refractivity contribution in [3.05, 3.63) is 24.3 Å². The van der Waals surface area contributed by atoms with E-state index in [-0.39, 0.29) is 32.0 Å². The van der Waals surface area contributed by atoms with Gasteiger partial charge < -0.3 is 27.9 Å². The van der Waals surface area contributed by atoms with Crippen molar-refractivity contribution in [3.8, 4) is 0 Å². The monoisotopic (exact) mass is 1150 g/mol. The fraction of sp³-hybridized carbons (Fsp3) is 0.914. The average molecular weight is 1150 g/mol. The zero-order valence-electron chi connectivity index (χ0n) is 54.1. The van der Waals surface area contributed by atoms with E-state index in [4.69, 9.17) is 18.5 Å². The van der Waals surface area contributed by atoms with Gasteiger partial charge >= 0.3 is 11.9 Å². The first-order valence-electron chi connectivity index (χ1n) is 35.0. The van der Waals surface area contributed by atoms with Crippen molar-refractivity contribution < 1.29 is 42.1 Å². The van der Waals surface area contributed by atoms with Gasteiger partial charge in [0.1, 0.15) is 19.8 Å². The lowest BCUT2D eigenvalue weighted by Crippen LogP contribution is -2.37. The first kappa shape index (κ1) is 78.5. The van der Waals surface area contributed by atoms with Gasteiger partial charge in [-0.25, -0.2) is 0 Å². The van der Waals surface area contributed by atoms with Crippen LogP contribution < -0.4 is 4.89 Å². The molecule has 474 valence electrons. The summed E-state index contributed by atoms with van der Waals surface area (Å²) in [7, 11) is 1.19. The SMILES string of the molecule is CCCCCCC/C=C\C/C=C\CCCCCCCCCCCCCCCCCCCC(=O)OC(COC(=O)CCCCCCCCCCCCCCCCCCCCCCCCCCCCC)COP(=O)([O-])OCC[N+](C)(C)C. The molecule has 2 atom stereocenters. The number of carbonyl (C=O) groups excluding carboxylic acids is 2. The molecule has 0 aliphatic heterocycles. The van der Waals surface area contributed by atoms with Crippen molar-refractivity contribution in [1.82, 2.24) is 0 Å². The number of hydrogen-bond donors (Lipinski definition) is 0. The number of nitrogens with zero attached hydrogens (tertiary/aromatic N) is 1. The van der Waals surface area contributed by atoms with E-state index >= 15 is 0 Å². The summed E-state index contributed by atoms with van der Waals surface area (Å²) in [5.74, 6) is -0.809. The van der Waals surface area contributed by atoms with Gasteiger partial charge in [-0.2, -0.15) is 0 Å². The lowest BCUT2D eigenvalue weighted by atomic mass is 10.0. The Balaban J connectivity index is 4.00. The normalized spacial score (nSPS) is 13.2. The fourth-order valence-corrected chi connectivity index (χ4v) is 11.3. The number of allylic oxidation sites excluding steroid dienone is 4. The smallest absolute Gasteiger partial charge is 0.306 e. The average Bonchev–Trinajstić information content (AvgIpc) is 3.42. The molecule has 0 aromatic rings. The Morgan fingerprint density at radius 1 is 0.388 bits per heavy atom. The molecule has 0 rings (SSSR count). The van der Waals surface area contributed by atoms with Gasteiger partial charge in [-0.1, -0.05) is 327 Å². The Morgan fingerprint density at radius 2 is 0.675 bits per heavy atom. The minimum absolute atomic E-state index is 0.0270. The summed E-state index contributed by atoms with van der Waals surface area (Å²) in [5.41, 5.74) is 0. The minimum Gasteiger partial charge on any atom is -0.756 e. The molecule has 0 aliphatic carbocycles. The van der Waals surface area contributed by atoms with Crippen LogP contribution in [0, 0.1) is 0 Å². The molecular weight excluding hydrogens is 1010 g/mol. The van der Waals surface area contributed by atoms with Gasteiger partial charge in [0.05, 0.1) is 27.7 Å². The van der Waals surface area contributed by atoms with Crippen molar-refractivity contribution in [3.63, 3.8) is 0 Å². The zero-order valence-corrected chi connectivity index (χ0v) is 55.0. The maximum Gasteiger partial charge on any atom is 0.306 e. The summed E-state index contributed by atoms with van der Waals surface area (Å²) in [6.07, 6.45) is 76.9. The van der Waals surface area contributed by atoms with Crippen LogP contribution in [0.1, 0.15) is 361 Å². The van der Waals surface area contributed by atoms with E-state index in [1.165, 1.54) is 289 Å². The first-order chi connectivity index (χ1) is 39.0. The van der Waals surface area contributed by atoms with E-state index < -0.39 is 26.5 Å². The Hall–Kier alpha value is -1.51. The van der Waals surface area contributed by atoms with Crippen LogP contribution in [-0.4, -0.2) is 70.0 Å². The summed E-state index contributed by atoms with van der Waals surface area (Å²) >= 11 is 0. The minimum atomic E-state index is -4.64. The van der Waals surface area contributed by atoms with Crippen molar-refractivity contribution in [2.45, 2.75) is 367 Å². The number of likely N-dealkylation sites (N-methyl/N-ethyl adjacent to an activating group) is 1. The van der Waals surface area contributed by atoms with Crippen LogP contribution >= 0.6 is 7.82 Å². The van der Waals surface area contributed by atoms with Crippen LogP contribution in [0.4, 0.5) is 0 Å². The molecule has 0 N–H and O–H groups in total. The van der Waals surface area contributed by atoms with E-state index in [9.17, 15) is 19.0 Å². The van der Waals surface area contributed by atoms with E-state index in [0.29, 0.717) is 17.4 Å². The largest absolute Gasteiger partial charge is 0.756 e. The number of unbranched alkanes of at least 4 members (excludes halogenated alkanes) is 48. The number of phosphoric ester groups is 1. The molecule has 0 aromatic carbocycles. The Morgan fingerprint density at radius 3 is 0.988 bits per heavy atom. The van der Waals surface area contributed by atoms with Crippen LogP contribution in [0.25, 0.3) is 0 Å². The second-order valence-electron chi connectivity index (χ2n) is 25.3. The first-order valence-corrected chi connectivity index (χ1v) is 36.5. The molecule has 0 aromatic heterocycles. The number of quaternary nitrogens is 1. The zero-order chi connectivity index (χ0) is 58.4. The van der Waals surface area contributed by atoms with Crippen molar-refractivity contribution in [2.75, 3.05) is 47.5 Å². The molecule has 0 saturated heterocycles. The highest BCUT2D eigenvalue weighted by Crippen LogP contribution is 2.38. The maximum atomic E-state index is 12.9. The Bertz CT molecular complexity index is 1400.